The van der Waals surface area contributed by atoms with Crippen molar-refractivity contribution in [3.05, 3.63) is 70.5 Å². The van der Waals surface area contributed by atoms with Crippen molar-refractivity contribution in [2.45, 2.75) is 46.1 Å². The molecule has 0 aliphatic heterocycles. The van der Waals surface area contributed by atoms with E-state index in [1.165, 1.54) is 11.1 Å². The first-order valence-corrected chi connectivity index (χ1v) is 10.1. The molecular formula is C25H33ClN2O2. The zero-order chi connectivity index (χ0) is 21.3. The number of nitrogens with zero attached hydrogens (tertiary/aromatic N) is 1. The van der Waals surface area contributed by atoms with Crippen LogP contribution < -0.4 is 5.32 Å². The first-order valence-electron chi connectivity index (χ1n) is 10.1. The largest absolute Gasteiger partial charge is 0.451 e. The number of carbonyl (C=O) groups excluding carboxylic acids is 1. The molecule has 162 valence electrons. The highest BCUT2D eigenvalue weighted by Crippen LogP contribution is 2.27. The van der Waals surface area contributed by atoms with Crippen LogP contribution in [-0.2, 0) is 5.41 Å². The average molecular weight is 429 g/mol. The number of rotatable bonds is 5. The minimum Gasteiger partial charge on any atom is -0.451 e. The SMILES string of the molecule is Cc1ccc2c(C)c(C(=O)NCC(c3ccc(C(C)(C)C)cc3)N(C)C)oc2c1.Cl. The lowest BCUT2D eigenvalue weighted by Gasteiger charge is -2.26. The zero-order valence-electron chi connectivity index (χ0n) is 19.0. The van der Waals surface area contributed by atoms with Crippen LogP contribution in [0.15, 0.2) is 46.9 Å². The lowest BCUT2D eigenvalue weighted by molar-refractivity contribution is 0.0915. The van der Waals surface area contributed by atoms with Gasteiger partial charge in [0.15, 0.2) is 5.76 Å². The third kappa shape index (κ3) is 5.05. The summed E-state index contributed by atoms with van der Waals surface area (Å²) in [6.07, 6.45) is 0. The predicted octanol–water partition coefficient (Wildman–Crippen LogP) is 5.80. The Kier molecular flexibility index (Phi) is 7.38. The van der Waals surface area contributed by atoms with Gasteiger partial charge in [0, 0.05) is 17.5 Å². The maximum atomic E-state index is 12.8. The van der Waals surface area contributed by atoms with Crippen molar-refractivity contribution in [1.29, 1.82) is 0 Å². The first kappa shape index (κ1) is 24.0. The van der Waals surface area contributed by atoms with E-state index in [2.05, 4.69) is 55.3 Å². The van der Waals surface area contributed by atoms with Gasteiger partial charge in [-0.2, -0.15) is 0 Å². The highest BCUT2D eigenvalue weighted by atomic mass is 35.5. The number of hydrogen-bond acceptors (Lipinski definition) is 3. The molecule has 3 rings (SSSR count). The normalized spacial score (nSPS) is 12.7. The molecule has 0 bridgehead atoms. The number of carbonyl (C=O) groups is 1. The molecule has 1 aromatic heterocycles. The molecule has 1 atom stereocenters. The van der Waals surface area contributed by atoms with Crippen LogP contribution in [0.4, 0.5) is 0 Å². The third-order valence-corrected chi connectivity index (χ3v) is 5.54. The Morgan fingerprint density at radius 1 is 1.07 bits per heavy atom. The summed E-state index contributed by atoms with van der Waals surface area (Å²) < 4.78 is 5.87. The maximum Gasteiger partial charge on any atom is 0.287 e. The average Bonchev–Trinajstić information content (AvgIpc) is 2.97. The molecule has 0 spiro atoms. The molecule has 30 heavy (non-hydrogen) atoms. The van der Waals surface area contributed by atoms with Gasteiger partial charge in [-0.15, -0.1) is 12.4 Å². The van der Waals surface area contributed by atoms with Crippen molar-refractivity contribution in [1.82, 2.24) is 10.2 Å². The van der Waals surface area contributed by atoms with Gasteiger partial charge in [-0.05, 0) is 56.1 Å². The van der Waals surface area contributed by atoms with Crippen molar-refractivity contribution >= 4 is 29.3 Å². The van der Waals surface area contributed by atoms with Crippen molar-refractivity contribution < 1.29 is 9.21 Å². The van der Waals surface area contributed by atoms with Gasteiger partial charge < -0.3 is 14.6 Å². The fourth-order valence-corrected chi connectivity index (χ4v) is 3.62. The molecule has 0 saturated heterocycles. The second kappa shape index (κ2) is 9.23. The van der Waals surface area contributed by atoms with E-state index in [0.717, 1.165) is 22.1 Å². The standard InChI is InChI=1S/C25H32N2O2.ClH/c1-16-8-13-20-17(2)23(29-22(20)14-16)24(28)26-15-21(27(6)7)18-9-11-19(12-10-18)25(3,4)5;/h8-14,21H,15H2,1-7H3,(H,26,28);1H. The molecular weight excluding hydrogens is 396 g/mol. The summed E-state index contributed by atoms with van der Waals surface area (Å²) in [5.41, 5.74) is 5.36. The minimum absolute atomic E-state index is 0. The highest BCUT2D eigenvalue weighted by molar-refractivity contribution is 5.99. The van der Waals surface area contributed by atoms with Gasteiger partial charge in [0.25, 0.3) is 5.91 Å². The van der Waals surface area contributed by atoms with Crippen molar-refractivity contribution in [3.63, 3.8) is 0 Å². The number of hydrogen-bond donors (Lipinski definition) is 1. The number of likely N-dealkylation sites (N-methyl/N-ethyl adjacent to an activating group) is 1. The smallest absolute Gasteiger partial charge is 0.287 e. The maximum absolute atomic E-state index is 12.8. The van der Waals surface area contributed by atoms with Gasteiger partial charge in [-0.25, -0.2) is 0 Å². The summed E-state index contributed by atoms with van der Waals surface area (Å²) in [6.45, 7) is 11.1. The van der Waals surface area contributed by atoms with Crippen LogP contribution in [0.1, 0.15) is 59.6 Å². The number of furan rings is 1. The van der Waals surface area contributed by atoms with E-state index < -0.39 is 0 Å². The lowest BCUT2D eigenvalue weighted by atomic mass is 9.86. The van der Waals surface area contributed by atoms with Crippen LogP contribution in [0.2, 0.25) is 0 Å². The van der Waals surface area contributed by atoms with E-state index in [9.17, 15) is 4.79 Å². The number of nitrogens with one attached hydrogen (secondary N) is 1. The molecule has 5 heteroatoms. The molecule has 1 heterocycles. The van der Waals surface area contributed by atoms with E-state index in [0.29, 0.717) is 12.3 Å². The Morgan fingerprint density at radius 3 is 2.27 bits per heavy atom. The van der Waals surface area contributed by atoms with Crippen LogP contribution in [0.3, 0.4) is 0 Å². The van der Waals surface area contributed by atoms with Gasteiger partial charge in [0.2, 0.25) is 0 Å². The van der Waals surface area contributed by atoms with Crippen LogP contribution in [0.25, 0.3) is 11.0 Å². The van der Waals surface area contributed by atoms with Crippen molar-refractivity contribution in [2.24, 2.45) is 0 Å². The molecule has 1 N–H and O–H groups in total. The summed E-state index contributed by atoms with van der Waals surface area (Å²) in [5, 5.41) is 4.05. The summed E-state index contributed by atoms with van der Waals surface area (Å²) in [7, 11) is 4.06. The van der Waals surface area contributed by atoms with Crippen LogP contribution in [0.5, 0.6) is 0 Å². The number of amides is 1. The molecule has 2 aromatic carbocycles. The minimum atomic E-state index is -0.172. The number of aryl methyl sites for hydroxylation is 2. The van der Waals surface area contributed by atoms with Gasteiger partial charge in [-0.1, -0.05) is 57.2 Å². The van der Waals surface area contributed by atoms with Crippen molar-refractivity contribution in [2.75, 3.05) is 20.6 Å². The molecule has 0 saturated carbocycles. The Bertz CT molecular complexity index is 1010. The fourth-order valence-electron chi connectivity index (χ4n) is 3.62. The molecule has 0 radical (unpaired) electrons. The topological polar surface area (TPSA) is 45.5 Å². The van der Waals surface area contributed by atoms with Crippen LogP contribution >= 0.6 is 12.4 Å². The third-order valence-electron chi connectivity index (χ3n) is 5.54. The second-order valence-electron chi connectivity index (χ2n) is 9.12. The molecule has 3 aromatic rings. The van der Waals surface area contributed by atoms with Gasteiger partial charge in [0.1, 0.15) is 5.58 Å². The Hall–Kier alpha value is -2.30. The van der Waals surface area contributed by atoms with E-state index >= 15 is 0 Å². The Balaban J connectivity index is 0.00000320. The summed E-state index contributed by atoms with van der Waals surface area (Å²) in [4.78, 5) is 15.0. The summed E-state index contributed by atoms with van der Waals surface area (Å²) >= 11 is 0. The quantitative estimate of drug-likeness (QED) is 0.558. The summed E-state index contributed by atoms with van der Waals surface area (Å²) in [6, 6.07) is 14.8. The second-order valence-corrected chi connectivity index (χ2v) is 9.12. The fraction of sp³-hybridized carbons (Fsp3) is 0.400. The number of benzene rings is 2. The molecule has 0 aliphatic carbocycles. The number of fused-ring (bicyclic) bond motifs is 1. The molecule has 1 unspecified atom stereocenters. The van der Waals surface area contributed by atoms with Crippen LogP contribution in [-0.4, -0.2) is 31.4 Å². The van der Waals surface area contributed by atoms with E-state index in [1.807, 2.05) is 46.1 Å². The first-order chi connectivity index (χ1) is 13.6. The van der Waals surface area contributed by atoms with Gasteiger partial charge >= 0.3 is 0 Å². The zero-order valence-corrected chi connectivity index (χ0v) is 19.8. The molecule has 0 aliphatic rings. The van der Waals surface area contributed by atoms with E-state index in [4.69, 9.17) is 4.42 Å². The Morgan fingerprint density at radius 2 is 1.70 bits per heavy atom. The monoisotopic (exact) mass is 428 g/mol. The Labute approximate surface area is 186 Å². The van der Waals surface area contributed by atoms with Gasteiger partial charge in [0.05, 0.1) is 6.04 Å². The van der Waals surface area contributed by atoms with E-state index in [-0.39, 0.29) is 29.8 Å². The molecule has 1 amide bonds. The molecule has 0 fully saturated rings. The van der Waals surface area contributed by atoms with Crippen LogP contribution in [0, 0.1) is 13.8 Å². The van der Waals surface area contributed by atoms with Gasteiger partial charge in [-0.3, -0.25) is 4.79 Å². The van der Waals surface area contributed by atoms with Crippen molar-refractivity contribution in [3.8, 4) is 0 Å². The number of halogens is 1. The molecule has 4 nitrogen and oxygen atoms in total. The summed E-state index contributed by atoms with van der Waals surface area (Å²) in [5.74, 6) is 0.223. The predicted molar refractivity (Wildman–Crippen MR) is 127 cm³/mol. The highest BCUT2D eigenvalue weighted by Gasteiger charge is 2.21. The van der Waals surface area contributed by atoms with E-state index in [1.54, 1.807) is 0 Å². The lowest BCUT2D eigenvalue weighted by Crippen LogP contribution is -2.34.